The lowest BCUT2D eigenvalue weighted by Crippen LogP contribution is -2.34. The van der Waals surface area contributed by atoms with Crippen LogP contribution in [0.4, 0.5) is 5.69 Å². The molecule has 1 aromatic heterocycles. The summed E-state index contributed by atoms with van der Waals surface area (Å²) in [4.78, 5) is 18.0. The Morgan fingerprint density at radius 1 is 1.00 bits per heavy atom. The summed E-state index contributed by atoms with van der Waals surface area (Å²) in [6.45, 7) is 3.97. The molecule has 5 nitrogen and oxygen atoms in total. The summed E-state index contributed by atoms with van der Waals surface area (Å²) in [7, 11) is 0. The lowest BCUT2D eigenvalue weighted by atomic mass is 10.0. The maximum absolute atomic E-state index is 13.2. The molecule has 0 saturated heterocycles. The average Bonchev–Trinajstić information content (AvgIpc) is 2.79. The van der Waals surface area contributed by atoms with Gasteiger partial charge in [0, 0.05) is 20.2 Å². The molecule has 0 atom stereocenters. The minimum absolute atomic E-state index is 0.0627. The monoisotopic (exact) mass is 567 g/mol. The van der Waals surface area contributed by atoms with Crippen LogP contribution in [0.15, 0.2) is 78.9 Å². The van der Waals surface area contributed by atoms with Crippen molar-refractivity contribution in [1.82, 2.24) is 10.3 Å². The van der Waals surface area contributed by atoms with Crippen LogP contribution in [0.5, 0.6) is 5.75 Å². The van der Waals surface area contributed by atoms with Gasteiger partial charge in [0.2, 0.25) is 0 Å². The molecule has 0 spiro atoms. The first-order valence-electron chi connectivity index (χ1n) is 10.4. The van der Waals surface area contributed by atoms with Crippen LogP contribution in [-0.4, -0.2) is 22.1 Å². The Hall–Kier alpha value is -3.04. The number of halogens is 1. The molecule has 1 amide bonds. The maximum atomic E-state index is 13.2. The minimum atomic E-state index is -0.299. The fourth-order valence-corrected chi connectivity index (χ4v) is 3.95. The van der Waals surface area contributed by atoms with Crippen LogP contribution in [0.2, 0.25) is 0 Å². The van der Waals surface area contributed by atoms with Gasteiger partial charge in [-0.1, -0.05) is 30.3 Å². The predicted octanol–water partition coefficient (Wildman–Crippen LogP) is 6.42. The van der Waals surface area contributed by atoms with Gasteiger partial charge >= 0.3 is 0 Å². The number of rotatable bonds is 5. The van der Waals surface area contributed by atoms with Gasteiger partial charge in [-0.25, -0.2) is 4.98 Å². The summed E-state index contributed by atoms with van der Waals surface area (Å²) in [5.74, 6) is 0.457. The second kappa shape index (κ2) is 10.3. The molecule has 1 heterocycles. The number of carbonyl (C=O) groups is 1. The van der Waals surface area contributed by atoms with Crippen molar-refractivity contribution in [3.8, 4) is 17.0 Å². The number of hydrogen-bond acceptors (Lipinski definition) is 4. The molecular formula is C26H22IN3O2S. The van der Waals surface area contributed by atoms with Gasteiger partial charge in [-0.15, -0.1) is 0 Å². The van der Waals surface area contributed by atoms with Gasteiger partial charge in [0.15, 0.2) is 5.11 Å². The predicted molar refractivity (Wildman–Crippen MR) is 146 cm³/mol. The van der Waals surface area contributed by atoms with Crippen LogP contribution in [0.1, 0.15) is 24.2 Å². The molecule has 3 aromatic carbocycles. The Labute approximate surface area is 211 Å². The maximum Gasteiger partial charge on any atom is 0.258 e. The van der Waals surface area contributed by atoms with Crippen LogP contribution in [-0.2, 0) is 0 Å². The number of pyridine rings is 1. The normalized spacial score (nSPS) is 10.8. The number of hydrogen-bond donors (Lipinski definition) is 2. The number of aromatic nitrogens is 1. The average molecular weight is 567 g/mol. The second-order valence-electron chi connectivity index (χ2n) is 7.68. The highest BCUT2D eigenvalue weighted by Gasteiger charge is 2.16. The number of ether oxygens (including phenoxy) is 1. The lowest BCUT2D eigenvalue weighted by Gasteiger charge is -2.13. The van der Waals surface area contributed by atoms with Gasteiger partial charge in [0.05, 0.1) is 22.9 Å². The summed E-state index contributed by atoms with van der Waals surface area (Å²) in [5, 5.41) is 6.84. The van der Waals surface area contributed by atoms with Crippen molar-refractivity contribution in [3.63, 3.8) is 0 Å². The smallest absolute Gasteiger partial charge is 0.258 e. The Kier molecular flexibility index (Phi) is 7.20. The number of nitrogens with one attached hydrogen (secondary N) is 2. The number of nitrogens with zero attached hydrogens (tertiary/aromatic N) is 1. The number of thiocarbonyl (C=S) groups is 1. The molecule has 166 valence electrons. The van der Waals surface area contributed by atoms with E-state index in [1.165, 1.54) is 0 Å². The zero-order valence-electron chi connectivity index (χ0n) is 18.1. The lowest BCUT2D eigenvalue weighted by molar-refractivity contribution is 0.0979. The van der Waals surface area contributed by atoms with Crippen molar-refractivity contribution in [2.75, 3.05) is 5.32 Å². The third-order valence-corrected chi connectivity index (χ3v) is 5.71. The van der Waals surface area contributed by atoms with Gasteiger partial charge in [0.1, 0.15) is 5.75 Å². The van der Waals surface area contributed by atoms with E-state index in [9.17, 15) is 4.79 Å². The third kappa shape index (κ3) is 5.85. The highest BCUT2D eigenvalue weighted by molar-refractivity contribution is 14.1. The van der Waals surface area contributed by atoms with Crippen molar-refractivity contribution >= 4 is 62.4 Å². The number of benzene rings is 3. The molecule has 0 radical (unpaired) electrons. The van der Waals surface area contributed by atoms with Gasteiger partial charge in [-0.3, -0.25) is 10.1 Å². The van der Waals surface area contributed by atoms with Crippen LogP contribution in [0.25, 0.3) is 22.2 Å². The Bertz CT molecular complexity index is 1320. The van der Waals surface area contributed by atoms with Gasteiger partial charge in [-0.2, -0.15) is 0 Å². The zero-order chi connectivity index (χ0) is 23.4. The Morgan fingerprint density at radius 3 is 2.52 bits per heavy atom. The number of anilines is 1. The van der Waals surface area contributed by atoms with E-state index in [2.05, 4.69) is 33.2 Å². The topological polar surface area (TPSA) is 63.2 Å². The summed E-state index contributed by atoms with van der Waals surface area (Å²) in [5.41, 5.74) is 3.59. The molecule has 0 aliphatic heterocycles. The highest BCUT2D eigenvalue weighted by atomic mass is 127. The molecule has 4 aromatic rings. The summed E-state index contributed by atoms with van der Waals surface area (Å²) in [6, 6.07) is 24.8. The first kappa shape index (κ1) is 23.1. The first-order chi connectivity index (χ1) is 15.9. The molecule has 0 aliphatic rings. The van der Waals surface area contributed by atoms with Crippen LogP contribution in [0, 0.1) is 3.57 Å². The molecule has 33 heavy (non-hydrogen) atoms. The molecule has 0 saturated carbocycles. The summed E-state index contributed by atoms with van der Waals surface area (Å²) in [6.07, 6.45) is 0.0627. The Morgan fingerprint density at radius 2 is 1.76 bits per heavy atom. The van der Waals surface area contributed by atoms with E-state index in [-0.39, 0.29) is 17.1 Å². The Balaban J connectivity index is 1.65. The van der Waals surface area contributed by atoms with Gasteiger partial charge in [-0.05, 0) is 97.2 Å². The minimum Gasteiger partial charge on any atom is -0.491 e. The molecule has 0 fully saturated rings. The van der Waals surface area contributed by atoms with E-state index in [1.807, 2.05) is 86.6 Å². The highest BCUT2D eigenvalue weighted by Crippen LogP contribution is 2.27. The molecule has 0 bridgehead atoms. The standard InChI is InChI=1S/C26H22IN3O2S/c1-16(2)32-20-7-5-6-17(14-20)24-15-22(21-8-3-4-9-23(21)29-24)25(31)30-26(33)28-19-12-10-18(27)11-13-19/h3-16H,1-2H3,(H2,28,30,31,33). The van der Waals surface area contributed by atoms with Crippen LogP contribution in [0.3, 0.4) is 0 Å². The van der Waals surface area contributed by atoms with Gasteiger partial charge < -0.3 is 10.1 Å². The van der Waals surface area contributed by atoms with E-state index in [0.717, 1.165) is 31.5 Å². The third-order valence-electron chi connectivity index (χ3n) is 4.79. The van der Waals surface area contributed by atoms with Gasteiger partial charge in [0.25, 0.3) is 5.91 Å². The van der Waals surface area contributed by atoms with Crippen LogP contribution < -0.4 is 15.4 Å². The SMILES string of the molecule is CC(C)Oc1cccc(-c2cc(C(=O)NC(=S)Nc3ccc(I)cc3)c3ccccc3n2)c1. The molecular weight excluding hydrogens is 545 g/mol. The quantitative estimate of drug-likeness (QED) is 0.215. The largest absolute Gasteiger partial charge is 0.491 e. The van der Waals surface area contributed by atoms with E-state index >= 15 is 0 Å². The summed E-state index contributed by atoms with van der Waals surface area (Å²) >= 11 is 7.61. The van der Waals surface area contributed by atoms with E-state index < -0.39 is 0 Å². The molecule has 0 unspecified atom stereocenters. The fraction of sp³-hybridized carbons (Fsp3) is 0.115. The number of amides is 1. The fourth-order valence-electron chi connectivity index (χ4n) is 3.38. The number of fused-ring (bicyclic) bond motifs is 1. The molecule has 4 rings (SSSR count). The van der Waals surface area contributed by atoms with Crippen molar-refractivity contribution in [1.29, 1.82) is 0 Å². The van der Waals surface area contributed by atoms with Crippen LogP contribution >= 0.6 is 34.8 Å². The number of para-hydroxylation sites is 1. The van der Waals surface area contributed by atoms with E-state index in [4.69, 9.17) is 21.9 Å². The van der Waals surface area contributed by atoms with Crippen molar-refractivity contribution < 1.29 is 9.53 Å². The van der Waals surface area contributed by atoms with E-state index in [0.29, 0.717) is 11.3 Å². The van der Waals surface area contributed by atoms with Crippen molar-refractivity contribution in [2.24, 2.45) is 0 Å². The second-order valence-corrected chi connectivity index (χ2v) is 9.34. The number of carbonyl (C=O) groups excluding carboxylic acids is 1. The van der Waals surface area contributed by atoms with Crippen molar-refractivity contribution in [3.05, 3.63) is 88.0 Å². The molecule has 2 N–H and O–H groups in total. The van der Waals surface area contributed by atoms with Crippen molar-refractivity contribution in [2.45, 2.75) is 20.0 Å². The zero-order valence-corrected chi connectivity index (χ0v) is 21.1. The first-order valence-corrected chi connectivity index (χ1v) is 11.9. The molecule has 7 heteroatoms. The van der Waals surface area contributed by atoms with E-state index in [1.54, 1.807) is 6.07 Å². The summed E-state index contributed by atoms with van der Waals surface area (Å²) < 4.78 is 6.94. The molecule has 0 aliphatic carbocycles.